The first kappa shape index (κ1) is 34.8. The van der Waals surface area contributed by atoms with Gasteiger partial charge < -0.3 is 9.32 Å². The summed E-state index contributed by atoms with van der Waals surface area (Å²) in [6.45, 7) is 9.66. The lowest BCUT2D eigenvalue weighted by Crippen LogP contribution is -2.26. The summed E-state index contributed by atoms with van der Waals surface area (Å²) >= 11 is 0. The highest BCUT2D eigenvalue weighted by atomic mass is 16.3. The monoisotopic (exact) mass is 735 g/mol. The summed E-state index contributed by atoms with van der Waals surface area (Å²) in [6, 6.07) is 55.6. The maximum absolute atomic E-state index is 6.19. The molecule has 1 heterocycles. The Balaban J connectivity index is 1.03. The van der Waals surface area contributed by atoms with Crippen molar-refractivity contribution in [2.24, 2.45) is 0 Å². The zero-order valence-corrected chi connectivity index (χ0v) is 32.6. The molecule has 0 fully saturated rings. The highest BCUT2D eigenvalue weighted by Gasteiger charge is 2.41. The number of nitrogens with zero attached hydrogens (tertiary/aromatic N) is 1. The van der Waals surface area contributed by atoms with Crippen LogP contribution in [0.4, 0.5) is 11.4 Å². The zero-order chi connectivity index (χ0) is 38.5. The Labute approximate surface area is 335 Å². The Morgan fingerprint density at radius 1 is 0.649 bits per heavy atom. The van der Waals surface area contributed by atoms with Crippen molar-refractivity contribution in [3.63, 3.8) is 0 Å². The molecule has 276 valence electrons. The maximum atomic E-state index is 6.19. The van der Waals surface area contributed by atoms with Gasteiger partial charge in [-0.15, -0.1) is 0 Å². The van der Waals surface area contributed by atoms with Crippen molar-refractivity contribution in [2.45, 2.75) is 38.0 Å². The molecule has 10 rings (SSSR count). The number of benzene rings is 7. The fraction of sp³-hybridized carbons (Fsp3) is 0.127. The van der Waals surface area contributed by atoms with Crippen molar-refractivity contribution >= 4 is 49.7 Å². The molecule has 0 saturated heterocycles. The van der Waals surface area contributed by atoms with Gasteiger partial charge in [-0.05, 0) is 117 Å². The van der Waals surface area contributed by atoms with E-state index < -0.39 is 0 Å². The SMILES string of the molecule is C=C/C=C1\C(CN(c2ccc(C3=CCCC=C3)cc2)c2cccc(-c3cccc(-c4ccc5c(ccc6oc7ccccc7c65)c4)c3)c2)c2ccccc2C1(C)C. The molecule has 1 unspecified atom stereocenters. The molecule has 1 aromatic heterocycles. The Bertz CT molecular complexity index is 2930. The van der Waals surface area contributed by atoms with Crippen LogP contribution in [0.1, 0.15) is 49.3 Å². The highest BCUT2D eigenvalue weighted by Crippen LogP contribution is 2.51. The molecular weight excluding hydrogens is 691 g/mol. The van der Waals surface area contributed by atoms with Crippen molar-refractivity contribution in [1.82, 2.24) is 0 Å². The van der Waals surface area contributed by atoms with Gasteiger partial charge in [0, 0.05) is 40.0 Å². The van der Waals surface area contributed by atoms with Crippen LogP contribution in [0.5, 0.6) is 0 Å². The third-order valence-electron chi connectivity index (χ3n) is 12.3. The second-order valence-corrected chi connectivity index (χ2v) is 16.0. The van der Waals surface area contributed by atoms with Crippen LogP contribution in [-0.2, 0) is 5.41 Å². The van der Waals surface area contributed by atoms with Crippen molar-refractivity contribution < 1.29 is 4.42 Å². The Kier molecular flexibility index (Phi) is 8.64. The minimum absolute atomic E-state index is 0.0892. The molecule has 0 N–H and O–H groups in total. The van der Waals surface area contributed by atoms with Crippen LogP contribution in [0, 0.1) is 0 Å². The topological polar surface area (TPSA) is 16.4 Å². The van der Waals surface area contributed by atoms with Crippen LogP contribution in [0.25, 0.3) is 60.5 Å². The van der Waals surface area contributed by atoms with E-state index in [9.17, 15) is 0 Å². The quantitative estimate of drug-likeness (QED) is 0.154. The number of furan rings is 1. The van der Waals surface area contributed by atoms with Crippen LogP contribution in [-0.4, -0.2) is 6.54 Å². The first-order chi connectivity index (χ1) is 28.0. The van der Waals surface area contributed by atoms with Gasteiger partial charge in [-0.1, -0.05) is 160 Å². The predicted molar refractivity (Wildman–Crippen MR) is 242 cm³/mol. The van der Waals surface area contributed by atoms with E-state index >= 15 is 0 Å². The molecule has 0 amide bonds. The molecule has 2 nitrogen and oxygen atoms in total. The zero-order valence-electron chi connectivity index (χ0n) is 32.6. The number of hydrogen-bond donors (Lipinski definition) is 0. The standard InChI is InChI=1S/C55H45NO/c1-4-14-50-49(47-21-8-10-23-51(47)55(50,2)3)36-56(44-29-25-38(26-30-44)37-15-6-5-7-16-37)45-20-13-19-41(35-45)39-17-12-18-40(33-39)42-27-31-46-43(34-42)28-32-53-54(46)48-22-9-11-24-52(48)57-53/h4,6,8-35,49H,1,5,7,36H2,2-3H3/b50-14+. The Hall–Kier alpha value is -6.64. The van der Waals surface area contributed by atoms with E-state index in [1.54, 1.807) is 0 Å². The molecule has 0 aliphatic heterocycles. The highest BCUT2D eigenvalue weighted by molar-refractivity contribution is 6.19. The van der Waals surface area contributed by atoms with Crippen LogP contribution >= 0.6 is 0 Å². The molecular formula is C55H45NO. The van der Waals surface area contributed by atoms with E-state index in [0.717, 1.165) is 35.9 Å². The van der Waals surface area contributed by atoms with Crippen LogP contribution in [0.15, 0.2) is 199 Å². The van der Waals surface area contributed by atoms with E-state index in [-0.39, 0.29) is 11.3 Å². The van der Waals surface area contributed by atoms with Crippen LogP contribution < -0.4 is 4.90 Å². The Morgan fingerprint density at radius 3 is 2.19 bits per heavy atom. The minimum Gasteiger partial charge on any atom is -0.456 e. The molecule has 0 saturated carbocycles. The smallest absolute Gasteiger partial charge is 0.136 e. The fourth-order valence-electron chi connectivity index (χ4n) is 9.45. The van der Waals surface area contributed by atoms with Gasteiger partial charge in [0.25, 0.3) is 0 Å². The van der Waals surface area contributed by atoms with E-state index in [1.165, 1.54) is 77.6 Å². The summed E-state index contributed by atoms with van der Waals surface area (Å²) in [5.74, 6) is 0.207. The Morgan fingerprint density at radius 2 is 1.39 bits per heavy atom. The summed E-state index contributed by atoms with van der Waals surface area (Å²) in [5, 5.41) is 4.76. The fourth-order valence-corrected chi connectivity index (χ4v) is 9.45. The molecule has 1 atom stereocenters. The molecule has 7 aromatic carbocycles. The number of rotatable bonds is 8. The van der Waals surface area contributed by atoms with Crippen LogP contribution in [0.2, 0.25) is 0 Å². The molecule has 0 radical (unpaired) electrons. The third-order valence-corrected chi connectivity index (χ3v) is 12.3. The van der Waals surface area contributed by atoms with Gasteiger partial charge in [0.05, 0.1) is 0 Å². The molecule has 57 heavy (non-hydrogen) atoms. The molecule has 0 bridgehead atoms. The minimum atomic E-state index is -0.0892. The molecule has 0 spiro atoms. The maximum Gasteiger partial charge on any atom is 0.136 e. The van der Waals surface area contributed by atoms with Crippen molar-refractivity contribution in [1.29, 1.82) is 0 Å². The summed E-state index contributed by atoms with van der Waals surface area (Å²) in [7, 11) is 0. The molecule has 2 heteroatoms. The molecule has 8 aromatic rings. The molecule has 2 aliphatic rings. The van der Waals surface area contributed by atoms with Gasteiger partial charge >= 0.3 is 0 Å². The second kappa shape index (κ2) is 14.1. The van der Waals surface area contributed by atoms with Gasteiger partial charge in [0.15, 0.2) is 0 Å². The van der Waals surface area contributed by atoms with Crippen molar-refractivity contribution in [2.75, 3.05) is 11.4 Å². The first-order valence-corrected chi connectivity index (χ1v) is 20.2. The normalized spacial score (nSPS) is 16.6. The lowest BCUT2D eigenvalue weighted by Gasteiger charge is -2.31. The number of allylic oxidation sites excluding steroid dienone is 6. The van der Waals surface area contributed by atoms with Crippen molar-refractivity contribution in [3.8, 4) is 22.3 Å². The number of anilines is 2. The van der Waals surface area contributed by atoms with Gasteiger partial charge in [-0.3, -0.25) is 0 Å². The lowest BCUT2D eigenvalue weighted by molar-refractivity contribution is 0.614. The third kappa shape index (κ3) is 6.13. The summed E-state index contributed by atoms with van der Waals surface area (Å²) in [4.78, 5) is 2.52. The van der Waals surface area contributed by atoms with Gasteiger partial charge in [-0.2, -0.15) is 0 Å². The average molecular weight is 736 g/mol. The molecule has 2 aliphatic carbocycles. The van der Waals surface area contributed by atoms with E-state index in [0.29, 0.717) is 0 Å². The largest absolute Gasteiger partial charge is 0.456 e. The summed E-state index contributed by atoms with van der Waals surface area (Å²) < 4.78 is 6.19. The second-order valence-electron chi connectivity index (χ2n) is 16.0. The van der Waals surface area contributed by atoms with Crippen LogP contribution in [0.3, 0.4) is 0 Å². The van der Waals surface area contributed by atoms with Gasteiger partial charge in [-0.25, -0.2) is 0 Å². The van der Waals surface area contributed by atoms with E-state index in [1.807, 2.05) is 18.2 Å². The number of hydrogen-bond acceptors (Lipinski definition) is 2. The van der Waals surface area contributed by atoms with Crippen molar-refractivity contribution in [3.05, 3.63) is 211 Å². The van der Waals surface area contributed by atoms with E-state index in [2.05, 4.69) is 189 Å². The van der Waals surface area contributed by atoms with Gasteiger partial charge in [0.2, 0.25) is 0 Å². The predicted octanol–water partition coefficient (Wildman–Crippen LogP) is 15.1. The number of fused-ring (bicyclic) bond motifs is 6. The van der Waals surface area contributed by atoms with Gasteiger partial charge in [0.1, 0.15) is 11.2 Å². The van der Waals surface area contributed by atoms with E-state index in [4.69, 9.17) is 4.42 Å². The number of para-hydroxylation sites is 1. The first-order valence-electron chi connectivity index (χ1n) is 20.2. The lowest BCUT2D eigenvalue weighted by atomic mass is 9.80. The average Bonchev–Trinajstić information content (AvgIpc) is 3.75. The summed E-state index contributed by atoms with van der Waals surface area (Å²) in [5.41, 5.74) is 15.7. The summed E-state index contributed by atoms with van der Waals surface area (Å²) in [6.07, 6.45) is 13.3.